The molecule has 0 aliphatic carbocycles. The van der Waals surface area contributed by atoms with Crippen molar-refractivity contribution in [1.29, 1.82) is 0 Å². The molecule has 99 heavy (non-hydrogen) atoms. The predicted octanol–water partition coefficient (Wildman–Crippen LogP) is 4.04. The molecular weight excluding hydrogens is 1280 g/mol. The van der Waals surface area contributed by atoms with Gasteiger partial charge in [0.15, 0.2) is 0 Å². The Morgan fingerprint density at radius 2 is 0.747 bits per heavy atom. The van der Waals surface area contributed by atoms with E-state index in [9.17, 15) is 71.5 Å². The first-order valence-corrected chi connectivity index (χ1v) is 33.9. The molecule has 3 aromatic carbocycles. The van der Waals surface area contributed by atoms with E-state index in [0.29, 0.717) is 35.0 Å². The first-order valence-electron chi connectivity index (χ1n) is 33.9. The summed E-state index contributed by atoms with van der Waals surface area (Å²) in [6.07, 6.45) is 6.54. The Kier molecular flexibility index (Phi) is 18.7. The van der Waals surface area contributed by atoms with Crippen LogP contribution in [0.4, 0.5) is 25.4 Å². The van der Waals surface area contributed by atoms with Crippen LogP contribution >= 0.6 is 0 Å². The Bertz CT molecular complexity index is 3910. The van der Waals surface area contributed by atoms with Crippen molar-refractivity contribution in [3.05, 3.63) is 93.8 Å². The number of anilines is 2. The number of hydrogen-bond acceptors (Lipinski definition) is 20. The molecule has 12 aliphatic rings. The summed E-state index contributed by atoms with van der Waals surface area (Å²) in [7, 11) is 0. The average Bonchev–Trinajstić information content (AvgIpc) is 1.65. The van der Waals surface area contributed by atoms with E-state index in [4.69, 9.17) is 9.47 Å². The molecule has 29 heteroatoms. The molecule has 9 fully saturated rings. The number of amides is 14. The van der Waals surface area contributed by atoms with Crippen molar-refractivity contribution in [2.45, 2.75) is 148 Å². The number of piperidine rings is 6. The van der Waals surface area contributed by atoms with Gasteiger partial charge >= 0.3 is 12.2 Å². The molecule has 12 aliphatic heterocycles. The average molecular weight is 1370 g/mol. The number of imide groups is 6. The van der Waals surface area contributed by atoms with E-state index in [1.165, 1.54) is 6.07 Å². The molecule has 526 valence electrons. The Morgan fingerprint density at radius 3 is 1.08 bits per heavy atom. The van der Waals surface area contributed by atoms with Crippen LogP contribution in [-0.2, 0) is 38.2 Å². The van der Waals surface area contributed by atoms with Gasteiger partial charge in [-0.25, -0.2) is 14.0 Å². The Hall–Kier alpha value is -9.51. The summed E-state index contributed by atoms with van der Waals surface area (Å²) in [6.45, 7) is 22.2. The third-order valence-corrected chi connectivity index (χ3v) is 20.7. The number of carbonyl (C=O) groups is 14. The van der Waals surface area contributed by atoms with Gasteiger partial charge in [0.25, 0.3) is 35.4 Å². The molecule has 5 N–H and O–H groups in total. The highest BCUT2D eigenvalue weighted by atomic mass is 19.1. The van der Waals surface area contributed by atoms with E-state index in [-0.39, 0.29) is 89.9 Å². The lowest BCUT2D eigenvalue weighted by Crippen LogP contribution is -2.61. The molecular formula is C70H83FN12O16. The highest BCUT2D eigenvalue weighted by Crippen LogP contribution is 2.45. The van der Waals surface area contributed by atoms with Crippen LogP contribution in [0.25, 0.3) is 0 Å². The summed E-state index contributed by atoms with van der Waals surface area (Å²) in [5, 5.41) is 13.2. The number of nitrogens with one attached hydrogen (secondary N) is 5. The molecule has 28 nitrogen and oxygen atoms in total. The summed E-state index contributed by atoms with van der Waals surface area (Å²) in [4.78, 5) is 181. The number of rotatable bonds is 5. The molecule has 0 bridgehead atoms. The minimum absolute atomic E-state index is 0.0537. The number of ether oxygens (including phenoxy) is 2. The second-order valence-electron chi connectivity index (χ2n) is 30.0. The lowest BCUT2D eigenvalue weighted by atomic mass is 9.72. The standard InChI is InChI=1S/C25H30N4O6.C20H22N4O4.C13H9FN2O4.C12H22N2O2/c1-24(2,3)35-23(34)27-10-8-25(9-11-27)13-28(14-25)15-4-5-16-17(12-15)22(33)29(21(16)32)18-6-7-19(30)26-20(18)31;25-16-4-3-15(17(26)22-16)24-18(27)13-2-1-12(9-14(13)19(24)28)23-10-20(11-23)5-7-21-8-6-20;14-6-1-2-7-8(5-6)13(20)16(12(7)19)9-3-4-10(17)15-11(9)18;1-11(2,3)16-10(15)14-6-4-12(5-7-14)8-13-9-12/h4-5,12,18H,6-11,13-14H2,1-3H3,(H,26,30,31);1-2,9,15,21H,3-8,10-11H2,(H,22,25,26);1-2,5,9H,3-4H2,(H,15,17,18);13H,4-9H2,1-3H3. The molecule has 14 amide bonds. The maximum atomic E-state index is 13.2. The van der Waals surface area contributed by atoms with Crippen molar-refractivity contribution in [3.8, 4) is 0 Å². The van der Waals surface area contributed by atoms with Crippen molar-refractivity contribution in [3.63, 3.8) is 0 Å². The zero-order chi connectivity index (χ0) is 70.8. The molecule has 3 spiro atoms. The van der Waals surface area contributed by atoms with E-state index >= 15 is 0 Å². The van der Waals surface area contributed by atoms with Gasteiger partial charge in [-0.1, -0.05) is 0 Å². The van der Waals surface area contributed by atoms with Gasteiger partial charge in [-0.15, -0.1) is 0 Å². The van der Waals surface area contributed by atoms with Crippen molar-refractivity contribution < 1.29 is 81.0 Å². The summed E-state index contributed by atoms with van der Waals surface area (Å²) >= 11 is 0. The third-order valence-electron chi connectivity index (χ3n) is 20.7. The van der Waals surface area contributed by atoms with Crippen molar-refractivity contribution >= 4 is 94.4 Å². The van der Waals surface area contributed by atoms with E-state index < -0.39 is 94.5 Å². The molecule has 0 aromatic heterocycles. The third kappa shape index (κ3) is 14.1. The Labute approximate surface area is 570 Å². The van der Waals surface area contributed by atoms with Gasteiger partial charge in [0.05, 0.1) is 33.4 Å². The highest BCUT2D eigenvalue weighted by Gasteiger charge is 2.51. The van der Waals surface area contributed by atoms with Crippen LogP contribution in [0.2, 0.25) is 0 Å². The summed E-state index contributed by atoms with van der Waals surface area (Å²) in [5.41, 5.74) is 3.13. The van der Waals surface area contributed by atoms with Crippen LogP contribution in [0.1, 0.15) is 181 Å². The second-order valence-corrected chi connectivity index (χ2v) is 30.0. The van der Waals surface area contributed by atoms with E-state index in [2.05, 4.69) is 36.4 Å². The van der Waals surface area contributed by atoms with Gasteiger partial charge < -0.3 is 39.7 Å². The van der Waals surface area contributed by atoms with E-state index in [0.717, 1.165) is 142 Å². The number of halogens is 1. The summed E-state index contributed by atoms with van der Waals surface area (Å²) in [5.74, 6) is -6.96. The lowest BCUT2D eigenvalue weighted by Gasteiger charge is -2.55. The Morgan fingerprint density at radius 1 is 0.424 bits per heavy atom. The zero-order valence-corrected chi connectivity index (χ0v) is 56.4. The fourth-order valence-corrected chi connectivity index (χ4v) is 15.0. The quantitative estimate of drug-likeness (QED) is 0.225. The second kappa shape index (κ2) is 26.6. The van der Waals surface area contributed by atoms with Crippen molar-refractivity contribution in [2.24, 2.45) is 16.2 Å². The van der Waals surface area contributed by atoms with Crippen LogP contribution in [0.5, 0.6) is 0 Å². The molecule has 9 saturated heterocycles. The number of likely N-dealkylation sites (tertiary alicyclic amines) is 2. The van der Waals surface area contributed by atoms with Gasteiger partial charge in [-0.2, -0.15) is 0 Å². The minimum atomic E-state index is -1.02. The maximum absolute atomic E-state index is 13.2. The molecule has 0 saturated carbocycles. The topological polar surface area (TPSA) is 340 Å². The highest BCUT2D eigenvalue weighted by molar-refractivity contribution is 6.25. The number of fused-ring (bicyclic) bond motifs is 3. The maximum Gasteiger partial charge on any atom is 0.410 e. The van der Waals surface area contributed by atoms with Gasteiger partial charge in [0.2, 0.25) is 35.4 Å². The first-order chi connectivity index (χ1) is 46.8. The molecule has 3 atom stereocenters. The van der Waals surface area contributed by atoms with Crippen LogP contribution in [-0.4, -0.2) is 215 Å². The van der Waals surface area contributed by atoms with Gasteiger partial charge in [0.1, 0.15) is 35.1 Å². The van der Waals surface area contributed by atoms with Gasteiger partial charge in [-0.3, -0.25) is 88.2 Å². The molecule has 15 rings (SSSR count). The van der Waals surface area contributed by atoms with Crippen LogP contribution in [0.15, 0.2) is 54.6 Å². The van der Waals surface area contributed by atoms with Gasteiger partial charge in [0, 0.05) is 107 Å². The number of benzene rings is 3. The van der Waals surface area contributed by atoms with Crippen LogP contribution in [0, 0.1) is 22.1 Å². The fraction of sp³-hybridized carbons (Fsp3) is 0.543. The normalized spacial score (nSPS) is 24.2. The molecule has 12 heterocycles. The lowest BCUT2D eigenvalue weighted by molar-refractivity contribution is -0.137. The van der Waals surface area contributed by atoms with Crippen LogP contribution < -0.4 is 36.4 Å². The van der Waals surface area contributed by atoms with Crippen molar-refractivity contribution in [1.82, 2.24) is 51.1 Å². The first kappa shape index (κ1) is 69.4. The van der Waals surface area contributed by atoms with E-state index in [1.807, 2.05) is 58.6 Å². The van der Waals surface area contributed by atoms with Gasteiger partial charge in [-0.05, 0) is 172 Å². The van der Waals surface area contributed by atoms with Crippen LogP contribution in [0.3, 0.4) is 0 Å². The molecule has 3 unspecified atom stereocenters. The number of hydrogen-bond donors (Lipinski definition) is 5. The predicted molar refractivity (Wildman–Crippen MR) is 350 cm³/mol. The monoisotopic (exact) mass is 1370 g/mol. The SMILES string of the molecule is CC(C)(C)OC(=O)N1CCC2(CC1)CN(c1ccc3c(c1)C(=O)N(C1CCC(=O)NC1=O)C3=O)C2.CC(C)(C)OC(=O)N1CCC2(CC1)CNC2.O=C1CCC(N2C(=O)c3ccc(F)cc3C2=O)C(=O)N1.O=C1CCC(N2C(=O)c3ccc(N4CC5(CCNCC5)C4)cc3C2=O)C(=O)N1. The number of nitrogens with zero attached hydrogens (tertiary/aromatic N) is 7. The summed E-state index contributed by atoms with van der Waals surface area (Å²) in [6, 6.07) is 10.9. The Balaban J connectivity index is 0.000000131. The summed E-state index contributed by atoms with van der Waals surface area (Å²) < 4.78 is 24.0. The fourth-order valence-electron chi connectivity index (χ4n) is 15.0. The largest absolute Gasteiger partial charge is 0.444 e. The van der Waals surface area contributed by atoms with Crippen molar-refractivity contribution in [2.75, 3.05) is 88.3 Å². The number of carbonyl (C=O) groups excluding carboxylic acids is 14. The molecule has 0 radical (unpaired) electrons. The van der Waals surface area contributed by atoms with E-state index in [1.54, 1.807) is 29.2 Å². The smallest absolute Gasteiger partial charge is 0.410 e. The minimum Gasteiger partial charge on any atom is -0.444 e. The zero-order valence-electron chi connectivity index (χ0n) is 56.4. The molecule has 3 aromatic rings.